The van der Waals surface area contributed by atoms with Crippen molar-refractivity contribution in [3.63, 3.8) is 0 Å². The van der Waals surface area contributed by atoms with Crippen LogP contribution in [0.5, 0.6) is 0 Å². The normalized spacial score (nSPS) is 14.3. The molecule has 2 rings (SSSR count). The number of hydrogen-bond acceptors (Lipinski definition) is 2. The SMILES string of the molecule is CC=Cn1c(CO[Si](C)(C)C(C)(C)C)cc2cc(C(=CCCCC)O[Si](C)(C)C(C)(C)C)ccc21. The first-order valence-electron chi connectivity index (χ1n) is 13.3. The van der Waals surface area contributed by atoms with Gasteiger partial charge in [0.05, 0.1) is 12.1 Å². The molecule has 0 N–H and O–H groups in total. The fourth-order valence-corrected chi connectivity index (χ4v) is 5.44. The predicted molar refractivity (Wildman–Crippen MR) is 161 cm³/mol. The van der Waals surface area contributed by atoms with Crippen LogP contribution in [-0.2, 0) is 15.5 Å². The molecule has 1 aromatic heterocycles. The Labute approximate surface area is 217 Å². The molecule has 3 nitrogen and oxygen atoms in total. The summed E-state index contributed by atoms with van der Waals surface area (Å²) in [5.74, 6) is 1.05. The van der Waals surface area contributed by atoms with Crippen LogP contribution in [-0.4, -0.2) is 21.2 Å². The van der Waals surface area contributed by atoms with Crippen molar-refractivity contribution < 1.29 is 8.85 Å². The van der Waals surface area contributed by atoms with Crippen molar-refractivity contribution in [1.29, 1.82) is 0 Å². The van der Waals surface area contributed by atoms with Crippen LogP contribution in [0.3, 0.4) is 0 Å². The van der Waals surface area contributed by atoms with Gasteiger partial charge in [0.2, 0.25) is 8.32 Å². The topological polar surface area (TPSA) is 23.4 Å². The van der Waals surface area contributed by atoms with Gasteiger partial charge in [0, 0.05) is 22.8 Å². The number of fused-ring (bicyclic) bond motifs is 1. The standard InChI is InChI=1S/C30H51NO2Si2/c1-13-15-16-17-28(33-35(11,12)30(6,7)8)24-18-19-27-25(21-24)22-26(31(27)20-14-2)23-32-34(9,10)29(3,4)5/h14,17-22H,13,15-16,23H2,1-12H3. The maximum absolute atomic E-state index is 6.86. The van der Waals surface area contributed by atoms with Gasteiger partial charge >= 0.3 is 0 Å². The van der Waals surface area contributed by atoms with Gasteiger partial charge in [-0.1, -0.05) is 61.0 Å². The van der Waals surface area contributed by atoms with Gasteiger partial charge in [-0.25, -0.2) is 0 Å². The molecule has 0 aliphatic carbocycles. The molecule has 35 heavy (non-hydrogen) atoms. The Hall–Kier alpha value is -1.57. The summed E-state index contributed by atoms with van der Waals surface area (Å²) in [4.78, 5) is 0. The summed E-state index contributed by atoms with van der Waals surface area (Å²) in [6.07, 6.45) is 9.97. The third kappa shape index (κ3) is 7.24. The van der Waals surface area contributed by atoms with E-state index in [4.69, 9.17) is 8.85 Å². The largest absolute Gasteiger partial charge is 0.543 e. The van der Waals surface area contributed by atoms with E-state index < -0.39 is 16.6 Å². The Balaban J connectivity index is 2.50. The Morgan fingerprint density at radius 1 is 0.943 bits per heavy atom. The molecule has 2 aromatic rings. The van der Waals surface area contributed by atoms with Gasteiger partial charge in [0.15, 0.2) is 8.32 Å². The second-order valence-electron chi connectivity index (χ2n) is 12.9. The fourth-order valence-electron chi connectivity index (χ4n) is 3.44. The number of unbranched alkanes of at least 4 members (excludes halogenated alkanes) is 2. The van der Waals surface area contributed by atoms with Crippen LogP contribution >= 0.6 is 0 Å². The lowest BCUT2D eigenvalue weighted by Gasteiger charge is -2.37. The molecule has 0 saturated heterocycles. The number of aromatic nitrogens is 1. The molecular weight excluding hydrogens is 463 g/mol. The minimum atomic E-state index is -1.95. The molecular formula is C30H51NO2Si2. The van der Waals surface area contributed by atoms with Crippen LogP contribution in [0, 0.1) is 0 Å². The third-order valence-corrected chi connectivity index (χ3v) is 16.8. The number of allylic oxidation sites excluding steroid dienone is 2. The summed E-state index contributed by atoms with van der Waals surface area (Å²) >= 11 is 0. The van der Waals surface area contributed by atoms with E-state index in [0.29, 0.717) is 6.61 Å². The zero-order valence-corrected chi connectivity index (χ0v) is 26.6. The summed E-state index contributed by atoms with van der Waals surface area (Å²) in [6, 6.07) is 9.06. The zero-order chi connectivity index (χ0) is 26.7. The average Bonchev–Trinajstić information content (AvgIpc) is 3.07. The monoisotopic (exact) mass is 513 g/mol. The highest BCUT2D eigenvalue weighted by molar-refractivity contribution is 6.75. The number of nitrogens with zero attached hydrogens (tertiary/aromatic N) is 1. The van der Waals surface area contributed by atoms with Gasteiger partial charge in [-0.2, -0.15) is 0 Å². The highest BCUT2D eigenvalue weighted by Gasteiger charge is 2.40. The Kier molecular flexibility index (Phi) is 9.51. The van der Waals surface area contributed by atoms with Crippen molar-refractivity contribution >= 4 is 39.5 Å². The van der Waals surface area contributed by atoms with Crippen molar-refractivity contribution in [3.8, 4) is 0 Å². The maximum atomic E-state index is 6.86. The Morgan fingerprint density at radius 2 is 1.57 bits per heavy atom. The second-order valence-corrected chi connectivity index (χ2v) is 22.4. The molecule has 0 aliphatic rings. The van der Waals surface area contributed by atoms with E-state index in [2.05, 4.69) is 129 Å². The quantitative estimate of drug-likeness (QED) is 0.179. The molecule has 0 unspecified atom stereocenters. The van der Waals surface area contributed by atoms with E-state index in [9.17, 15) is 0 Å². The van der Waals surface area contributed by atoms with Crippen LogP contribution < -0.4 is 0 Å². The van der Waals surface area contributed by atoms with Crippen molar-refractivity contribution in [1.82, 2.24) is 4.57 Å². The molecule has 0 amide bonds. The Morgan fingerprint density at radius 3 is 2.11 bits per heavy atom. The molecule has 0 spiro atoms. The molecule has 0 bridgehead atoms. The summed E-state index contributed by atoms with van der Waals surface area (Å²) in [7, 11) is -3.79. The van der Waals surface area contributed by atoms with Crippen LogP contribution in [0.1, 0.15) is 85.9 Å². The summed E-state index contributed by atoms with van der Waals surface area (Å²) in [6.45, 7) is 28.0. The molecule has 0 aliphatic heterocycles. The number of rotatable bonds is 10. The van der Waals surface area contributed by atoms with Gasteiger partial charge < -0.3 is 13.4 Å². The first kappa shape index (κ1) is 29.7. The summed E-state index contributed by atoms with van der Waals surface area (Å²) in [5, 5.41) is 1.58. The highest BCUT2D eigenvalue weighted by atomic mass is 28.4. The first-order chi connectivity index (χ1) is 16.0. The second kappa shape index (κ2) is 11.2. The van der Waals surface area contributed by atoms with E-state index in [0.717, 1.165) is 12.2 Å². The zero-order valence-electron chi connectivity index (χ0n) is 24.6. The van der Waals surface area contributed by atoms with Crippen molar-refractivity contribution in [2.24, 2.45) is 0 Å². The van der Waals surface area contributed by atoms with E-state index >= 15 is 0 Å². The lowest BCUT2D eigenvalue weighted by atomic mass is 10.1. The molecule has 1 heterocycles. The summed E-state index contributed by atoms with van der Waals surface area (Å²) in [5.41, 5.74) is 3.58. The fraction of sp³-hybridized carbons (Fsp3) is 0.600. The third-order valence-electron chi connectivity index (χ3n) is 7.95. The lowest BCUT2D eigenvalue weighted by Crippen LogP contribution is -2.40. The van der Waals surface area contributed by atoms with Gasteiger partial charge in [-0.3, -0.25) is 0 Å². The minimum absolute atomic E-state index is 0.157. The van der Waals surface area contributed by atoms with Crippen molar-refractivity contribution in [2.75, 3.05) is 0 Å². The molecule has 0 atom stereocenters. The van der Waals surface area contributed by atoms with Gasteiger partial charge in [-0.05, 0) is 86.4 Å². The molecule has 0 radical (unpaired) electrons. The van der Waals surface area contributed by atoms with Crippen LogP contribution in [0.25, 0.3) is 22.9 Å². The molecule has 0 fully saturated rings. The van der Waals surface area contributed by atoms with Crippen molar-refractivity contribution in [3.05, 3.63) is 47.7 Å². The molecule has 196 valence electrons. The van der Waals surface area contributed by atoms with Gasteiger partial charge in [-0.15, -0.1) is 0 Å². The average molecular weight is 514 g/mol. The van der Waals surface area contributed by atoms with Gasteiger partial charge in [0.1, 0.15) is 5.76 Å². The molecule has 1 aromatic carbocycles. The molecule has 0 saturated carbocycles. The maximum Gasteiger partial charge on any atom is 0.250 e. The summed E-state index contributed by atoms with van der Waals surface area (Å²) < 4.78 is 15.7. The minimum Gasteiger partial charge on any atom is -0.543 e. The van der Waals surface area contributed by atoms with E-state index in [1.807, 2.05) is 0 Å². The van der Waals surface area contributed by atoms with Crippen LogP contribution in [0.4, 0.5) is 0 Å². The van der Waals surface area contributed by atoms with E-state index in [1.54, 1.807) is 0 Å². The number of benzene rings is 1. The Bertz CT molecular complexity index is 1050. The predicted octanol–water partition coefficient (Wildman–Crippen LogP) is 10.2. The van der Waals surface area contributed by atoms with E-state index in [-0.39, 0.29) is 10.1 Å². The highest BCUT2D eigenvalue weighted by Crippen LogP contribution is 2.40. The van der Waals surface area contributed by atoms with Crippen molar-refractivity contribution in [2.45, 2.75) is 118 Å². The molecule has 5 heteroatoms. The lowest BCUT2D eigenvalue weighted by molar-refractivity contribution is 0.271. The van der Waals surface area contributed by atoms with Crippen LogP contribution in [0.2, 0.25) is 36.3 Å². The van der Waals surface area contributed by atoms with Gasteiger partial charge in [0.25, 0.3) is 0 Å². The number of hydrogen-bond donors (Lipinski definition) is 0. The first-order valence-corrected chi connectivity index (χ1v) is 19.2. The van der Waals surface area contributed by atoms with E-state index in [1.165, 1.54) is 35.0 Å². The van der Waals surface area contributed by atoms with Crippen LogP contribution in [0.15, 0.2) is 36.4 Å². The smallest absolute Gasteiger partial charge is 0.250 e.